The van der Waals surface area contributed by atoms with Crippen molar-refractivity contribution in [2.75, 3.05) is 0 Å². The molecule has 1 aromatic carbocycles. The van der Waals surface area contributed by atoms with Gasteiger partial charge in [-0.2, -0.15) is 0 Å². The number of aliphatic carboxylic acids is 1. The highest BCUT2D eigenvalue weighted by molar-refractivity contribution is 6.35. The van der Waals surface area contributed by atoms with E-state index < -0.39 is 5.97 Å². The van der Waals surface area contributed by atoms with Crippen molar-refractivity contribution >= 4 is 28.5 Å². The predicted octanol–water partition coefficient (Wildman–Crippen LogP) is 2.22. The van der Waals surface area contributed by atoms with Gasteiger partial charge in [-0.15, -0.1) is 0 Å². The summed E-state index contributed by atoms with van der Waals surface area (Å²) in [6.45, 7) is 0. The van der Waals surface area contributed by atoms with E-state index in [2.05, 4.69) is 4.98 Å². The van der Waals surface area contributed by atoms with Crippen molar-refractivity contribution < 1.29 is 15.0 Å². The molecule has 0 bridgehead atoms. The number of benzene rings is 1. The number of phenolic OH excluding ortho intramolecular Hbond substituents is 1. The first-order chi connectivity index (χ1) is 7.59. The fraction of sp³-hybridized carbons (Fsp3) is 0.0909. The van der Waals surface area contributed by atoms with Gasteiger partial charge in [0, 0.05) is 17.1 Å². The molecule has 0 fully saturated rings. The minimum absolute atomic E-state index is 0.123. The Morgan fingerprint density at radius 1 is 1.50 bits per heavy atom. The maximum absolute atomic E-state index is 10.6. The van der Waals surface area contributed by atoms with Gasteiger partial charge in [-0.05, 0) is 18.2 Å². The Balaban J connectivity index is 2.70. The summed E-state index contributed by atoms with van der Waals surface area (Å²) in [5.41, 5.74) is 0.593. The van der Waals surface area contributed by atoms with Crippen LogP contribution in [-0.2, 0) is 11.2 Å². The fourth-order valence-electron chi connectivity index (χ4n) is 1.54. The third-order valence-electron chi connectivity index (χ3n) is 2.24. The molecule has 16 heavy (non-hydrogen) atoms. The van der Waals surface area contributed by atoms with Gasteiger partial charge in [-0.1, -0.05) is 11.6 Å². The number of hydrogen-bond acceptors (Lipinski definition) is 3. The van der Waals surface area contributed by atoms with Gasteiger partial charge in [0.25, 0.3) is 0 Å². The first-order valence-corrected chi connectivity index (χ1v) is 4.94. The SMILES string of the molecule is O=C(O)Cc1cc(Cl)c2cccnc2c1O. The second-order valence-corrected chi connectivity index (χ2v) is 3.74. The lowest BCUT2D eigenvalue weighted by Gasteiger charge is -2.07. The van der Waals surface area contributed by atoms with Crippen LogP contribution in [0.25, 0.3) is 10.9 Å². The predicted molar refractivity (Wildman–Crippen MR) is 59.8 cm³/mol. The van der Waals surface area contributed by atoms with E-state index in [9.17, 15) is 9.90 Å². The highest BCUT2D eigenvalue weighted by Crippen LogP contribution is 2.32. The Bertz CT molecular complexity index is 568. The number of fused-ring (bicyclic) bond motifs is 1. The van der Waals surface area contributed by atoms with Gasteiger partial charge in [-0.25, -0.2) is 0 Å². The minimum Gasteiger partial charge on any atom is -0.505 e. The maximum atomic E-state index is 10.6. The normalized spacial score (nSPS) is 10.6. The summed E-state index contributed by atoms with van der Waals surface area (Å²) < 4.78 is 0. The van der Waals surface area contributed by atoms with E-state index in [4.69, 9.17) is 16.7 Å². The Labute approximate surface area is 96.1 Å². The second kappa shape index (κ2) is 3.98. The molecule has 0 spiro atoms. The lowest BCUT2D eigenvalue weighted by molar-refractivity contribution is -0.136. The van der Waals surface area contributed by atoms with Gasteiger partial charge in [-0.3, -0.25) is 9.78 Å². The monoisotopic (exact) mass is 237 g/mol. The summed E-state index contributed by atoms with van der Waals surface area (Å²) in [7, 11) is 0. The smallest absolute Gasteiger partial charge is 0.307 e. The number of hydrogen-bond donors (Lipinski definition) is 2. The van der Waals surface area contributed by atoms with Crippen LogP contribution in [0.5, 0.6) is 5.75 Å². The van der Waals surface area contributed by atoms with Crippen molar-refractivity contribution in [3.8, 4) is 5.75 Å². The molecule has 82 valence electrons. The molecule has 0 aliphatic heterocycles. The van der Waals surface area contributed by atoms with E-state index >= 15 is 0 Å². The lowest BCUT2D eigenvalue weighted by Crippen LogP contribution is -2.01. The van der Waals surface area contributed by atoms with Crippen LogP contribution in [0.3, 0.4) is 0 Å². The van der Waals surface area contributed by atoms with Crippen LogP contribution in [0.15, 0.2) is 24.4 Å². The Hall–Kier alpha value is -1.81. The van der Waals surface area contributed by atoms with Crippen LogP contribution >= 0.6 is 11.6 Å². The van der Waals surface area contributed by atoms with Crippen molar-refractivity contribution in [3.05, 3.63) is 35.0 Å². The molecule has 5 heteroatoms. The first kappa shape index (κ1) is 10.7. The molecule has 4 nitrogen and oxygen atoms in total. The van der Waals surface area contributed by atoms with Crippen LogP contribution in [0.2, 0.25) is 5.02 Å². The zero-order chi connectivity index (χ0) is 11.7. The van der Waals surface area contributed by atoms with Gasteiger partial charge < -0.3 is 10.2 Å². The highest BCUT2D eigenvalue weighted by atomic mass is 35.5. The number of aromatic nitrogens is 1. The van der Waals surface area contributed by atoms with Gasteiger partial charge in [0.15, 0.2) is 0 Å². The number of phenols is 1. The number of nitrogens with zero attached hydrogens (tertiary/aromatic N) is 1. The molecular formula is C11H8ClNO3. The molecular weight excluding hydrogens is 230 g/mol. The van der Waals surface area contributed by atoms with Crippen molar-refractivity contribution in [2.45, 2.75) is 6.42 Å². The van der Waals surface area contributed by atoms with Crippen molar-refractivity contribution in [2.24, 2.45) is 0 Å². The summed E-state index contributed by atoms with van der Waals surface area (Å²) in [5.74, 6) is -1.15. The Morgan fingerprint density at radius 3 is 2.94 bits per heavy atom. The number of pyridine rings is 1. The van der Waals surface area contributed by atoms with E-state index in [1.54, 1.807) is 12.1 Å². The van der Waals surface area contributed by atoms with Crippen molar-refractivity contribution in [3.63, 3.8) is 0 Å². The quantitative estimate of drug-likeness (QED) is 0.840. The number of carboxylic acid groups (broad SMARTS) is 1. The molecule has 2 rings (SSSR count). The van der Waals surface area contributed by atoms with E-state index in [0.717, 1.165) is 0 Å². The lowest BCUT2D eigenvalue weighted by atomic mass is 10.1. The maximum Gasteiger partial charge on any atom is 0.307 e. The molecule has 0 unspecified atom stereocenters. The zero-order valence-electron chi connectivity index (χ0n) is 8.14. The molecule has 0 saturated heterocycles. The molecule has 1 heterocycles. The molecule has 0 radical (unpaired) electrons. The summed E-state index contributed by atoms with van der Waals surface area (Å²) in [5, 5.41) is 19.5. The number of carbonyl (C=O) groups is 1. The molecule has 0 atom stereocenters. The van der Waals surface area contributed by atoms with Crippen molar-refractivity contribution in [1.82, 2.24) is 4.98 Å². The van der Waals surface area contributed by atoms with E-state index in [0.29, 0.717) is 15.9 Å². The van der Waals surface area contributed by atoms with Crippen LogP contribution < -0.4 is 0 Å². The third-order valence-corrected chi connectivity index (χ3v) is 2.55. The molecule has 0 aliphatic carbocycles. The summed E-state index contributed by atoms with van der Waals surface area (Å²) in [6, 6.07) is 4.87. The number of rotatable bonds is 2. The molecule has 1 aromatic heterocycles. The molecule has 2 aromatic rings. The van der Waals surface area contributed by atoms with Crippen LogP contribution in [0.1, 0.15) is 5.56 Å². The summed E-state index contributed by atoms with van der Waals surface area (Å²) in [4.78, 5) is 14.6. The van der Waals surface area contributed by atoms with E-state index in [-0.39, 0.29) is 17.7 Å². The second-order valence-electron chi connectivity index (χ2n) is 3.34. The Kier molecular flexibility index (Phi) is 2.66. The van der Waals surface area contributed by atoms with Crippen LogP contribution in [0, 0.1) is 0 Å². The molecule has 0 amide bonds. The molecule has 2 N–H and O–H groups in total. The fourth-order valence-corrected chi connectivity index (χ4v) is 1.82. The third kappa shape index (κ3) is 1.79. The zero-order valence-corrected chi connectivity index (χ0v) is 8.90. The number of halogens is 1. The van der Waals surface area contributed by atoms with Gasteiger partial charge in [0.1, 0.15) is 11.3 Å². The first-order valence-electron chi connectivity index (χ1n) is 4.56. The van der Waals surface area contributed by atoms with E-state index in [1.807, 2.05) is 0 Å². The Morgan fingerprint density at radius 2 is 2.25 bits per heavy atom. The van der Waals surface area contributed by atoms with Crippen LogP contribution in [-0.4, -0.2) is 21.2 Å². The molecule has 0 saturated carbocycles. The minimum atomic E-state index is -1.03. The van der Waals surface area contributed by atoms with Gasteiger partial charge in [0.2, 0.25) is 0 Å². The number of carboxylic acids is 1. The number of aromatic hydroxyl groups is 1. The van der Waals surface area contributed by atoms with Crippen LogP contribution in [0.4, 0.5) is 0 Å². The average molecular weight is 238 g/mol. The summed E-state index contributed by atoms with van der Waals surface area (Å²) >= 11 is 5.97. The van der Waals surface area contributed by atoms with Crippen molar-refractivity contribution in [1.29, 1.82) is 0 Å². The average Bonchev–Trinajstić information content (AvgIpc) is 2.25. The largest absolute Gasteiger partial charge is 0.505 e. The standard InChI is InChI=1S/C11H8ClNO3/c12-8-4-6(5-9(14)15)11(16)10-7(8)2-1-3-13-10/h1-4,16H,5H2,(H,14,15). The highest BCUT2D eigenvalue weighted by Gasteiger charge is 2.13. The molecule has 0 aliphatic rings. The summed E-state index contributed by atoms with van der Waals surface area (Å²) in [6.07, 6.45) is 1.24. The van der Waals surface area contributed by atoms with E-state index in [1.165, 1.54) is 12.3 Å². The topological polar surface area (TPSA) is 70.4 Å². The van der Waals surface area contributed by atoms with Gasteiger partial charge >= 0.3 is 5.97 Å². The van der Waals surface area contributed by atoms with Gasteiger partial charge in [0.05, 0.1) is 11.4 Å².